The number of rotatable bonds is 12. The molecular weight excluding hydrogens is 1740 g/mol. The summed E-state index contributed by atoms with van der Waals surface area (Å²) in [6.07, 6.45) is 13.8. The van der Waals surface area contributed by atoms with Crippen LogP contribution < -0.4 is 91.9 Å². The van der Waals surface area contributed by atoms with Crippen LogP contribution in [-0.2, 0) is 40.1 Å². The third-order valence-corrected chi connectivity index (χ3v) is 23.0. The zero-order chi connectivity index (χ0) is 89.9. The molecule has 6 aromatic carbocycles. The second-order valence-electron chi connectivity index (χ2n) is 31.7. The molecule has 3 amide bonds. The van der Waals surface area contributed by atoms with Crippen LogP contribution in [-0.4, -0.2) is 127 Å². The maximum absolute atomic E-state index is 12.4. The van der Waals surface area contributed by atoms with E-state index in [4.69, 9.17) is 100 Å². The molecule has 124 heavy (non-hydrogen) atoms. The predicted octanol–water partition coefficient (Wildman–Crippen LogP) is 19.4. The molecule has 10 N–H and O–H groups in total. The summed E-state index contributed by atoms with van der Waals surface area (Å²) in [5.74, 6) is 6.95. The Morgan fingerprint density at radius 3 is 1.28 bits per heavy atom. The van der Waals surface area contributed by atoms with Gasteiger partial charge in [0.05, 0.1) is 39.3 Å². The standard InChI is InChI=1S/C21H26ClN3O2.C16H18ClN3O.2C10H13Cl2N3O.C10H13NO.C9H11NO.C8H11NS.C7H9NS.B.Na.H/c1-12-23-18(17(22)19(24-12)25-20(26)21(2,3)4)16-8-6-7-13-11-14(27-5)9-10-15(13)16;1-9-19-15(14(17)16(18)20-9)13-5-3-4-10-8-11(21-2)6-7-12(10)13;2*1-5-13-7(12)6(11)8(14-5)15-9(16)10(2,3)4;1-12-9-4-5-10-8(7-9)3-2-6-11-10;1-10-8-2-3-9-7(6-8)4-5-11-9;1-9-7-3-5-8(10-2)6-4-7;1-9-7-4-2-6(8)3-5-7;;;/h9-11,16H,6-8H2,1-5H3,(H,23,24,25,26);6-8,13H,3-5H2,1-2H3,(H2,18,19,20);2*1-4H3,(H,13,14,15,16);4-5,7,11H,2-3,6H2,1H3;2-3,6,10H,4-5H2,1H3;3-6,9H,1-2H3;2-5H,8H2,1H3;;;/q;;;;;;;;;+1;-1. The van der Waals surface area contributed by atoms with Gasteiger partial charge in [0.2, 0.25) is 17.7 Å². The second kappa shape index (κ2) is 50.3. The topological polar surface area (TPSA) is 315 Å². The normalized spacial score (nSPS) is 13.6. The number of hydrogen-bond acceptors (Lipinski definition) is 22. The van der Waals surface area contributed by atoms with Gasteiger partial charge in [-0.25, -0.2) is 39.9 Å². The van der Waals surface area contributed by atoms with Crippen molar-refractivity contribution in [1.82, 2.24) is 39.9 Å². The van der Waals surface area contributed by atoms with Crippen LogP contribution in [0.2, 0.25) is 30.4 Å². The van der Waals surface area contributed by atoms with Gasteiger partial charge in [0.15, 0.2) is 27.8 Å². The average molecular weight is 1860 g/mol. The number of benzene rings is 6. The van der Waals surface area contributed by atoms with Crippen LogP contribution in [0, 0.1) is 43.9 Å². The molecule has 659 valence electrons. The molecule has 23 nitrogen and oxygen atoms in total. The number of ether oxygens (including phenoxy) is 4. The Labute approximate surface area is 795 Å². The van der Waals surface area contributed by atoms with Crippen molar-refractivity contribution in [1.29, 1.82) is 0 Å². The number of fused-ring (bicyclic) bond motifs is 4. The zero-order valence-electron chi connectivity index (χ0n) is 75.7. The molecule has 4 aromatic heterocycles. The Morgan fingerprint density at radius 2 is 0.855 bits per heavy atom. The molecule has 10 aromatic rings. The number of nitrogens with two attached hydrogens (primary N) is 2. The largest absolute Gasteiger partial charge is 1.00 e. The fraction of sp³-hybridized carbons (Fsp3) is 0.396. The number of hydrogen-bond donors (Lipinski definition) is 8. The van der Waals surface area contributed by atoms with Gasteiger partial charge in [-0.3, -0.25) is 14.4 Å². The van der Waals surface area contributed by atoms with Crippen LogP contribution in [0.1, 0.15) is 176 Å². The van der Waals surface area contributed by atoms with Gasteiger partial charge in [0.25, 0.3) is 0 Å². The number of thioether (sulfide) groups is 2. The molecule has 0 saturated heterocycles. The van der Waals surface area contributed by atoms with E-state index in [-0.39, 0.29) is 101 Å². The minimum absolute atomic E-state index is 0. The van der Waals surface area contributed by atoms with Crippen molar-refractivity contribution in [3.63, 3.8) is 0 Å². The first-order valence-electron chi connectivity index (χ1n) is 39.8. The molecule has 0 bridgehead atoms. The number of methoxy groups -OCH3 is 3. The minimum Gasteiger partial charge on any atom is -1.00 e. The summed E-state index contributed by atoms with van der Waals surface area (Å²) in [4.78, 5) is 71.9. The van der Waals surface area contributed by atoms with Crippen LogP contribution in [0.5, 0.6) is 23.0 Å². The third-order valence-electron chi connectivity index (χ3n) is 19.3. The number of carbonyl (C=O) groups is 3. The number of halogens is 6. The van der Waals surface area contributed by atoms with Crippen LogP contribution in [0.25, 0.3) is 0 Å². The molecule has 6 heterocycles. The van der Waals surface area contributed by atoms with Crippen LogP contribution in [0.3, 0.4) is 0 Å². The summed E-state index contributed by atoms with van der Waals surface area (Å²) in [5.41, 5.74) is 23.6. The number of amides is 3. The van der Waals surface area contributed by atoms with Gasteiger partial charge in [-0.15, -0.1) is 23.5 Å². The summed E-state index contributed by atoms with van der Waals surface area (Å²) in [7, 11) is 8.92. The molecule has 2 aliphatic heterocycles. The summed E-state index contributed by atoms with van der Waals surface area (Å²) < 4.78 is 21.2. The zero-order valence-corrected chi connectivity index (χ0v) is 82.9. The first-order chi connectivity index (χ1) is 57.7. The SMILES string of the molecule is CNc1ccc(SC)cc1.CNc1ccc2c(c1)CCO2.COc1ccc2c(c1)CCCC2c1nc(C)nc(N)c1Cl.COc1ccc2c(c1)CCCC2c1nc(C)nc(NC(=O)C(C)(C)C)c1Cl.COc1ccc2c(c1)CCCN2.CSc1ccc(N)cc1.Cc1nc(Cl)c(Cl)c(NC(=O)C(C)(C)C)n1.Cc1nc(Cl)c(Cl)c(NC(=O)C(C)(C)C)n1.[B].[H-].[Na+]. The first-order valence-corrected chi connectivity index (χ1v) is 44.5. The van der Waals surface area contributed by atoms with Crippen molar-refractivity contribution >= 4 is 165 Å². The van der Waals surface area contributed by atoms with E-state index in [9.17, 15) is 14.4 Å². The van der Waals surface area contributed by atoms with Gasteiger partial charge in [-0.05, 0) is 234 Å². The van der Waals surface area contributed by atoms with Crippen molar-refractivity contribution in [2.24, 2.45) is 16.2 Å². The van der Waals surface area contributed by atoms with E-state index >= 15 is 0 Å². The molecule has 0 spiro atoms. The molecule has 2 unspecified atom stereocenters. The number of carbonyl (C=O) groups excluding carboxylic acids is 3. The second-order valence-corrected chi connectivity index (χ2v) is 35.7. The van der Waals surface area contributed by atoms with Crippen LogP contribution in [0.4, 0.5) is 46.0 Å². The van der Waals surface area contributed by atoms with E-state index in [0.29, 0.717) is 45.0 Å². The Bertz CT molecular complexity index is 5110. The summed E-state index contributed by atoms with van der Waals surface area (Å²) in [5, 5.41) is 19.1. The molecule has 33 heteroatoms. The monoisotopic (exact) mass is 1850 g/mol. The molecule has 0 fully saturated rings. The predicted molar refractivity (Wildman–Crippen MR) is 514 cm³/mol. The number of nitrogens with one attached hydrogen (secondary N) is 6. The quantitative estimate of drug-likeness (QED) is 0.0244. The van der Waals surface area contributed by atoms with Crippen molar-refractivity contribution in [3.05, 3.63) is 220 Å². The number of aromatic nitrogens is 8. The number of nitrogen functional groups attached to an aromatic ring is 2. The maximum atomic E-state index is 12.4. The molecule has 0 saturated carbocycles. The van der Waals surface area contributed by atoms with Crippen molar-refractivity contribution in [2.45, 2.75) is 169 Å². The number of anilines is 8. The van der Waals surface area contributed by atoms with E-state index in [1.807, 2.05) is 110 Å². The van der Waals surface area contributed by atoms with Gasteiger partial charge in [-0.1, -0.05) is 144 Å². The molecule has 2 atom stereocenters. The fourth-order valence-electron chi connectivity index (χ4n) is 12.5. The third kappa shape index (κ3) is 32.0. The van der Waals surface area contributed by atoms with Crippen molar-refractivity contribution < 1.29 is 64.3 Å². The van der Waals surface area contributed by atoms with Gasteiger partial charge < -0.3 is 63.7 Å². The van der Waals surface area contributed by atoms with Crippen LogP contribution >= 0.6 is 93.1 Å². The Hall–Kier alpha value is -8.25. The Kier molecular flexibility index (Phi) is 43.1. The average Bonchev–Trinajstić information content (AvgIpc) is 1.18. The van der Waals surface area contributed by atoms with E-state index in [1.165, 1.54) is 61.7 Å². The Balaban J connectivity index is 0.000000306. The summed E-state index contributed by atoms with van der Waals surface area (Å²) in [6, 6.07) is 41.0. The molecule has 14 rings (SSSR count). The minimum atomic E-state index is -0.531. The molecule has 2 aliphatic carbocycles. The van der Waals surface area contributed by atoms with E-state index in [2.05, 4.69) is 145 Å². The fourth-order valence-corrected chi connectivity index (χ4v) is 14.5. The first kappa shape index (κ1) is 106. The van der Waals surface area contributed by atoms with E-state index < -0.39 is 16.2 Å². The number of aryl methyl sites for hydroxylation is 7. The van der Waals surface area contributed by atoms with Crippen LogP contribution in [0.15, 0.2) is 131 Å². The maximum Gasteiger partial charge on any atom is 1.00 e. The van der Waals surface area contributed by atoms with Gasteiger partial charge >= 0.3 is 29.6 Å². The van der Waals surface area contributed by atoms with E-state index in [0.717, 1.165) is 110 Å². The Morgan fingerprint density at radius 1 is 0.468 bits per heavy atom. The van der Waals surface area contributed by atoms with Crippen molar-refractivity contribution in [3.8, 4) is 23.0 Å². The summed E-state index contributed by atoms with van der Waals surface area (Å²) in [6.45, 7) is 25.3. The summed E-state index contributed by atoms with van der Waals surface area (Å²) >= 11 is 39.8. The van der Waals surface area contributed by atoms with Gasteiger partial charge in [-0.2, -0.15) is 0 Å². The number of nitrogens with zero attached hydrogens (tertiary/aromatic N) is 8. The molecule has 4 aliphatic rings. The van der Waals surface area contributed by atoms with Gasteiger partial charge in [0.1, 0.15) is 72.2 Å². The molecule has 3 radical (unpaired) electrons. The smallest absolute Gasteiger partial charge is 1.00 e. The van der Waals surface area contributed by atoms with Gasteiger partial charge in [0, 0.05) is 96.1 Å². The van der Waals surface area contributed by atoms with E-state index in [1.54, 1.807) is 100 Å². The van der Waals surface area contributed by atoms with Crippen molar-refractivity contribution in [2.75, 3.05) is 104 Å². The molecular formula is C91H115BCl6N16NaO7S2.